The Morgan fingerprint density at radius 3 is 2.64 bits per heavy atom. The Morgan fingerprint density at radius 2 is 2.27 bits per heavy atom. The number of likely N-dealkylation sites (N-methyl/N-ethyl adjacent to an activating group) is 1. The van der Waals surface area contributed by atoms with Gasteiger partial charge in [-0.05, 0) is 6.42 Å². The number of nitrogens with zero attached hydrogens (tertiary/aromatic N) is 1. The van der Waals surface area contributed by atoms with Crippen LogP contribution >= 0.6 is 0 Å². The van der Waals surface area contributed by atoms with E-state index in [0.29, 0.717) is 25.7 Å². The van der Waals surface area contributed by atoms with Gasteiger partial charge in [-0.1, -0.05) is 6.92 Å². The average Bonchev–Trinajstić information content (AvgIpc) is 1.84. The van der Waals surface area contributed by atoms with Crippen molar-refractivity contribution in [2.75, 3.05) is 20.3 Å². The molecule has 1 aliphatic heterocycles. The van der Waals surface area contributed by atoms with E-state index in [1.54, 1.807) is 4.90 Å². The first kappa shape index (κ1) is 8.53. The van der Waals surface area contributed by atoms with Gasteiger partial charge in [-0.25, -0.2) is 0 Å². The van der Waals surface area contributed by atoms with Crippen molar-refractivity contribution in [3.05, 3.63) is 0 Å². The normalized spacial score (nSPS) is 17.6. The summed E-state index contributed by atoms with van der Waals surface area (Å²) in [5.41, 5.74) is 0. The topological polar surface area (TPSA) is 29.5 Å². The third-order valence-electron chi connectivity index (χ3n) is 2.03. The zero-order chi connectivity index (χ0) is 8.27. The molecule has 0 saturated carbocycles. The van der Waals surface area contributed by atoms with Crippen molar-refractivity contribution in [1.29, 1.82) is 0 Å². The van der Waals surface area contributed by atoms with Crippen LogP contribution in [0.15, 0.2) is 0 Å². The van der Waals surface area contributed by atoms with E-state index in [0.717, 1.165) is 6.42 Å². The molecule has 3 nitrogen and oxygen atoms in total. The second kappa shape index (κ2) is 3.72. The molecule has 0 bridgehead atoms. The fourth-order valence-corrected chi connectivity index (χ4v) is 1.04. The fourth-order valence-electron chi connectivity index (χ4n) is 1.04. The van der Waals surface area contributed by atoms with Crippen molar-refractivity contribution in [3.63, 3.8) is 0 Å². The number of hydrogen-bond donors (Lipinski definition) is 0. The Hall–Kier alpha value is -0.570. The van der Waals surface area contributed by atoms with Crippen LogP contribution in [-0.4, -0.2) is 37.1 Å². The summed E-state index contributed by atoms with van der Waals surface area (Å²) in [6.45, 7) is 3.45. The molecule has 11 heavy (non-hydrogen) atoms. The molecule has 0 radical (unpaired) electrons. The molecule has 1 amide bonds. The Labute approximate surface area is 67.3 Å². The highest BCUT2D eigenvalue weighted by Crippen LogP contribution is 2.09. The predicted octanol–water partition coefficient (Wildman–Crippen LogP) is 0.644. The molecule has 0 atom stereocenters. The molecule has 1 fully saturated rings. The zero-order valence-corrected chi connectivity index (χ0v) is 7.17. The van der Waals surface area contributed by atoms with Crippen molar-refractivity contribution >= 4 is 5.91 Å². The lowest BCUT2D eigenvalue weighted by molar-refractivity contribution is -0.141. The number of hydrogen-bond acceptors (Lipinski definition) is 2. The van der Waals surface area contributed by atoms with Crippen molar-refractivity contribution in [3.8, 4) is 0 Å². The summed E-state index contributed by atoms with van der Waals surface area (Å²) in [4.78, 5) is 13.0. The number of amides is 1. The third-order valence-corrected chi connectivity index (χ3v) is 2.03. The summed E-state index contributed by atoms with van der Waals surface area (Å²) in [6, 6.07) is 0.342. The second-order valence-corrected chi connectivity index (χ2v) is 2.95. The van der Waals surface area contributed by atoms with Crippen LogP contribution < -0.4 is 0 Å². The number of carbonyl (C=O) groups excluding carboxylic acids is 1. The maximum absolute atomic E-state index is 11.2. The monoisotopic (exact) mass is 157 g/mol. The second-order valence-electron chi connectivity index (χ2n) is 2.95. The van der Waals surface area contributed by atoms with E-state index in [1.807, 2.05) is 14.0 Å². The summed E-state index contributed by atoms with van der Waals surface area (Å²) in [5.74, 6) is 0.237. The molecule has 0 spiro atoms. The quantitative estimate of drug-likeness (QED) is 0.601. The van der Waals surface area contributed by atoms with Crippen LogP contribution in [0.1, 0.15) is 19.8 Å². The molecule has 64 valence electrons. The van der Waals surface area contributed by atoms with Gasteiger partial charge in [-0.3, -0.25) is 4.79 Å². The Balaban J connectivity index is 2.27. The van der Waals surface area contributed by atoms with Crippen LogP contribution in [0.25, 0.3) is 0 Å². The number of rotatable bonds is 3. The van der Waals surface area contributed by atoms with Crippen LogP contribution in [0.4, 0.5) is 0 Å². The summed E-state index contributed by atoms with van der Waals surface area (Å²) < 4.78 is 4.99. The van der Waals surface area contributed by atoms with Crippen LogP contribution in [0.2, 0.25) is 0 Å². The predicted molar refractivity (Wildman–Crippen MR) is 42.3 cm³/mol. The minimum Gasteiger partial charge on any atom is -0.377 e. The first-order valence-electron chi connectivity index (χ1n) is 4.09. The molecule has 1 heterocycles. The highest BCUT2D eigenvalue weighted by molar-refractivity contribution is 5.76. The van der Waals surface area contributed by atoms with Gasteiger partial charge in [0, 0.05) is 13.5 Å². The maximum Gasteiger partial charge on any atom is 0.222 e. The van der Waals surface area contributed by atoms with Crippen LogP contribution in [0.5, 0.6) is 0 Å². The molecule has 1 rings (SSSR count). The van der Waals surface area contributed by atoms with Gasteiger partial charge >= 0.3 is 0 Å². The summed E-state index contributed by atoms with van der Waals surface area (Å²) in [5, 5.41) is 0. The molecule has 0 aromatic rings. The third kappa shape index (κ3) is 1.93. The van der Waals surface area contributed by atoms with Crippen molar-refractivity contribution in [2.45, 2.75) is 25.8 Å². The minimum atomic E-state index is 0.237. The molecule has 3 heteroatoms. The van der Waals surface area contributed by atoms with E-state index in [-0.39, 0.29) is 5.91 Å². The van der Waals surface area contributed by atoms with Gasteiger partial charge in [-0.2, -0.15) is 0 Å². The lowest BCUT2D eigenvalue weighted by atomic mass is 10.2. The Kier molecular flexibility index (Phi) is 2.88. The van der Waals surface area contributed by atoms with Crippen LogP contribution in [0, 0.1) is 0 Å². The standard InChI is InChI=1S/C8H15NO2/c1-3-4-8(10)9(2)7-5-11-6-7/h7H,3-6H2,1-2H3. The largest absolute Gasteiger partial charge is 0.377 e. The van der Waals surface area contributed by atoms with E-state index in [1.165, 1.54) is 0 Å². The summed E-state index contributed by atoms with van der Waals surface area (Å²) >= 11 is 0. The van der Waals surface area contributed by atoms with Gasteiger partial charge < -0.3 is 9.64 Å². The molecule has 0 aromatic heterocycles. The van der Waals surface area contributed by atoms with Crippen LogP contribution in [-0.2, 0) is 9.53 Å². The Morgan fingerprint density at radius 1 is 1.64 bits per heavy atom. The van der Waals surface area contributed by atoms with Gasteiger partial charge in [0.15, 0.2) is 0 Å². The first-order chi connectivity index (χ1) is 5.25. The van der Waals surface area contributed by atoms with E-state index in [2.05, 4.69) is 0 Å². The average molecular weight is 157 g/mol. The van der Waals surface area contributed by atoms with Crippen molar-refractivity contribution in [1.82, 2.24) is 4.90 Å². The smallest absolute Gasteiger partial charge is 0.222 e. The molecular formula is C8H15NO2. The number of ether oxygens (including phenoxy) is 1. The molecule has 0 N–H and O–H groups in total. The highest BCUT2D eigenvalue weighted by Gasteiger charge is 2.25. The van der Waals surface area contributed by atoms with E-state index in [9.17, 15) is 4.79 Å². The summed E-state index contributed by atoms with van der Waals surface area (Å²) in [7, 11) is 1.85. The van der Waals surface area contributed by atoms with Crippen molar-refractivity contribution in [2.24, 2.45) is 0 Å². The first-order valence-corrected chi connectivity index (χ1v) is 4.09. The zero-order valence-electron chi connectivity index (χ0n) is 7.17. The molecule has 0 aliphatic carbocycles. The van der Waals surface area contributed by atoms with Gasteiger partial charge in [-0.15, -0.1) is 0 Å². The van der Waals surface area contributed by atoms with E-state index < -0.39 is 0 Å². The van der Waals surface area contributed by atoms with E-state index >= 15 is 0 Å². The highest BCUT2D eigenvalue weighted by atomic mass is 16.5. The molecule has 0 unspecified atom stereocenters. The van der Waals surface area contributed by atoms with Gasteiger partial charge in [0.05, 0.1) is 19.3 Å². The van der Waals surface area contributed by atoms with Gasteiger partial charge in [0.25, 0.3) is 0 Å². The van der Waals surface area contributed by atoms with Crippen LogP contribution in [0.3, 0.4) is 0 Å². The van der Waals surface area contributed by atoms with Crippen molar-refractivity contribution < 1.29 is 9.53 Å². The summed E-state index contributed by atoms with van der Waals surface area (Å²) in [6.07, 6.45) is 1.59. The fraction of sp³-hybridized carbons (Fsp3) is 0.875. The Bertz CT molecular complexity index is 143. The van der Waals surface area contributed by atoms with Gasteiger partial charge in [0.2, 0.25) is 5.91 Å². The van der Waals surface area contributed by atoms with Gasteiger partial charge in [0.1, 0.15) is 0 Å². The van der Waals surface area contributed by atoms with E-state index in [4.69, 9.17) is 4.74 Å². The lowest BCUT2D eigenvalue weighted by Gasteiger charge is -2.34. The lowest BCUT2D eigenvalue weighted by Crippen LogP contribution is -2.49. The maximum atomic E-state index is 11.2. The molecular weight excluding hydrogens is 142 g/mol. The number of carbonyl (C=O) groups is 1. The molecule has 1 saturated heterocycles. The SMILES string of the molecule is CCCC(=O)N(C)C1COC1. The molecule has 1 aliphatic rings. The molecule has 0 aromatic carbocycles. The minimum absolute atomic E-state index is 0.237.